The molecule has 0 atom stereocenters. The van der Waals surface area contributed by atoms with E-state index >= 15 is 0 Å². The van der Waals surface area contributed by atoms with Gasteiger partial charge in [0.15, 0.2) is 0 Å². The number of rotatable bonds is 2. The van der Waals surface area contributed by atoms with Gasteiger partial charge in [0.05, 0.1) is 23.9 Å². The molecule has 0 saturated heterocycles. The number of nitrogen functional groups attached to an aromatic ring is 1. The van der Waals surface area contributed by atoms with Crippen molar-refractivity contribution in [2.45, 2.75) is 6.54 Å². The molecule has 0 saturated carbocycles. The molecule has 2 aromatic carbocycles. The number of hydrogen-bond donors (Lipinski definition) is 1. The fourth-order valence-electron chi connectivity index (χ4n) is 2.13. The monoisotopic (exact) mass is 269 g/mol. The van der Waals surface area contributed by atoms with Crippen LogP contribution in [0.3, 0.4) is 0 Å². The lowest BCUT2D eigenvalue weighted by Crippen LogP contribution is -2.13. The molecule has 0 amide bonds. The predicted molar refractivity (Wildman–Crippen MR) is 75.9 cm³/mol. The fraction of sp³-hybridized carbons (Fsp3) is 0.0667. The van der Waals surface area contributed by atoms with E-state index in [1.54, 1.807) is 22.9 Å². The summed E-state index contributed by atoms with van der Waals surface area (Å²) in [6.45, 7) is 0.373. The van der Waals surface area contributed by atoms with Gasteiger partial charge in [0.2, 0.25) is 5.43 Å². The van der Waals surface area contributed by atoms with Crippen LogP contribution in [0.15, 0.2) is 53.5 Å². The molecule has 5 heteroatoms. The largest absolute Gasteiger partial charge is 0.396 e. The average Bonchev–Trinajstić information content (AvgIpc) is 2.46. The number of nitrogens with two attached hydrogens (primary N) is 1. The van der Waals surface area contributed by atoms with Crippen molar-refractivity contribution in [1.29, 1.82) is 0 Å². The van der Waals surface area contributed by atoms with Crippen LogP contribution < -0.4 is 11.2 Å². The van der Waals surface area contributed by atoms with Crippen molar-refractivity contribution in [1.82, 2.24) is 9.78 Å². The van der Waals surface area contributed by atoms with Crippen molar-refractivity contribution in [2.75, 3.05) is 5.73 Å². The summed E-state index contributed by atoms with van der Waals surface area (Å²) >= 11 is 0. The van der Waals surface area contributed by atoms with E-state index in [2.05, 4.69) is 5.10 Å². The van der Waals surface area contributed by atoms with Crippen molar-refractivity contribution in [3.05, 3.63) is 70.3 Å². The minimum Gasteiger partial charge on any atom is -0.396 e. The summed E-state index contributed by atoms with van der Waals surface area (Å²) in [6, 6.07) is 11.9. The minimum absolute atomic E-state index is 0.117. The Morgan fingerprint density at radius 3 is 2.80 bits per heavy atom. The van der Waals surface area contributed by atoms with Gasteiger partial charge in [0, 0.05) is 5.39 Å². The maximum absolute atomic E-state index is 13.5. The van der Waals surface area contributed by atoms with Gasteiger partial charge < -0.3 is 5.73 Å². The Bertz CT molecular complexity index is 842. The molecule has 0 aliphatic carbocycles. The topological polar surface area (TPSA) is 60.9 Å². The molecular formula is C15H12FN3O. The second-order valence-corrected chi connectivity index (χ2v) is 4.54. The maximum Gasteiger partial charge on any atom is 0.207 e. The van der Waals surface area contributed by atoms with Crippen LogP contribution in [0.25, 0.3) is 10.9 Å². The molecule has 0 aliphatic rings. The zero-order valence-corrected chi connectivity index (χ0v) is 10.6. The third-order valence-electron chi connectivity index (χ3n) is 3.16. The molecule has 0 bridgehead atoms. The lowest BCUT2D eigenvalue weighted by atomic mass is 10.2. The van der Waals surface area contributed by atoms with E-state index < -0.39 is 5.82 Å². The van der Waals surface area contributed by atoms with Gasteiger partial charge >= 0.3 is 0 Å². The third kappa shape index (κ3) is 2.14. The Kier molecular flexibility index (Phi) is 2.95. The highest BCUT2D eigenvalue weighted by Gasteiger charge is 2.05. The lowest BCUT2D eigenvalue weighted by Gasteiger charge is -2.09. The number of nitrogens with zero attached hydrogens (tertiary/aromatic N) is 2. The number of hydrogen-bond acceptors (Lipinski definition) is 3. The molecule has 0 aliphatic heterocycles. The van der Waals surface area contributed by atoms with E-state index in [1.807, 2.05) is 12.1 Å². The smallest absolute Gasteiger partial charge is 0.207 e. The van der Waals surface area contributed by atoms with Gasteiger partial charge in [0.1, 0.15) is 5.82 Å². The van der Waals surface area contributed by atoms with E-state index in [9.17, 15) is 9.18 Å². The predicted octanol–water partition coefficient (Wildman–Crippen LogP) is 2.17. The third-order valence-corrected chi connectivity index (χ3v) is 3.16. The Morgan fingerprint density at radius 1 is 1.20 bits per heavy atom. The highest BCUT2D eigenvalue weighted by molar-refractivity contribution is 5.78. The molecule has 0 fully saturated rings. The zero-order valence-electron chi connectivity index (χ0n) is 10.6. The summed E-state index contributed by atoms with van der Waals surface area (Å²) < 4.78 is 15.1. The number of fused-ring (bicyclic) bond motifs is 1. The molecular weight excluding hydrogens is 257 g/mol. The molecule has 1 aromatic heterocycles. The second kappa shape index (κ2) is 4.77. The van der Waals surface area contributed by atoms with E-state index in [-0.39, 0.29) is 11.1 Å². The summed E-state index contributed by atoms with van der Waals surface area (Å²) in [5.41, 5.74) is 6.90. The molecule has 100 valence electrons. The van der Waals surface area contributed by atoms with E-state index in [1.165, 1.54) is 18.3 Å². The quantitative estimate of drug-likeness (QED) is 0.725. The lowest BCUT2D eigenvalue weighted by molar-refractivity contribution is 0.624. The number of para-hydroxylation sites is 1. The molecule has 1 heterocycles. The van der Waals surface area contributed by atoms with Gasteiger partial charge in [0.25, 0.3) is 0 Å². The first kappa shape index (κ1) is 12.3. The number of anilines is 1. The molecule has 3 rings (SSSR count). The van der Waals surface area contributed by atoms with Crippen molar-refractivity contribution < 1.29 is 4.39 Å². The highest BCUT2D eigenvalue weighted by atomic mass is 19.1. The number of halogens is 1. The average molecular weight is 269 g/mol. The van der Waals surface area contributed by atoms with Gasteiger partial charge in [-0.15, -0.1) is 0 Å². The molecule has 3 aromatic rings. The molecule has 0 radical (unpaired) electrons. The van der Waals surface area contributed by atoms with Crippen molar-refractivity contribution in [3.8, 4) is 0 Å². The Labute approximate surface area is 114 Å². The first-order valence-electron chi connectivity index (χ1n) is 6.14. The van der Waals surface area contributed by atoms with E-state index in [0.29, 0.717) is 11.9 Å². The molecule has 0 unspecified atom stereocenters. The standard InChI is InChI=1S/C15H12FN3O/c16-12-7-10(5-6-13(12)17)9-19-14-4-2-1-3-11(14)15(20)8-18-19/h1-8H,9,17H2. The van der Waals surface area contributed by atoms with Crippen LogP contribution in [0.5, 0.6) is 0 Å². The van der Waals surface area contributed by atoms with Gasteiger partial charge in [-0.1, -0.05) is 18.2 Å². The van der Waals surface area contributed by atoms with Gasteiger partial charge in [-0.25, -0.2) is 4.39 Å². The summed E-state index contributed by atoms with van der Waals surface area (Å²) in [4.78, 5) is 11.7. The zero-order chi connectivity index (χ0) is 14.1. The summed E-state index contributed by atoms with van der Waals surface area (Å²) in [7, 11) is 0. The summed E-state index contributed by atoms with van der Waals surface area (Å²) in [5, 5.41) is 4.70. The molecule has 4 nitrogen and oxygen atoms in total. The summed E-state index contributed by atoms with van der Waals surface area (Å²) in [6.07, 6.45) is 1.27. The van der Waals surface area contributed by atoms with Gasteiger partial charge in [-0.3, -0.25) is 9.48 Å². The fourth-order valence-corrected chi connectivity index (χ4v) is 2.13. The minimum atomic E-state index is -0.451. The van der Waals surface area contributed by atoms with Crippen LogP contribution in [0, 0.1) is 5.82 Å². The summed E-state index contributed by atoms with van der Waals surface area (Å²) in [5.74, 6) is -0.451. The SMILES string of the molecule is Nc1ccc(Cn2ncc(=O)c3ccccc32)cc1F. The van der Waals surface area contributed by atoms with Crippen LogP contribution in [-0.2, 0) is 6.54 Å². The molecule has 20 heavy (non-hydrogen) atoms. The first-order valence-corrected chi connectivity index (χ1v) is 6.14. The Balaban J connectivity index is 2.09. The number of benzene rings is 2. The maximum atomic E-state index is 13.5. The van der Waals surface area contributed by atoms with Crippen LogP contribution >= 0.6 is 0 Å². The van der Waals surface area contributed by atoms with Gasteiger partial charge in [-0.2, -0.15) is 5.10 Å². The normalized spacial score (nSPS) is 10.8. The van der Waals surface area contributed by atoms with Crippen LogP contribution in [0.4, 0.5) is 10.1 Å². The first-order chi connectivity index (χ1) is 9.65. The van der Waals surface area contributed by atoms with E-state index in [4.69, 9.17) is 5.73 Å². The van der Waals surface area contributed by atoms with Crippen LogP contribution in [0.1, 0.15) is 5.56 Å². The van der Waals surface area contributed by atoms with Crippen molar-refractivity contribution in [3.63, 3.8) is 0 Å². The molecule has 2 N–H and O–H groups in total. The highest BCUT2D eigenvalue weighted by Crippen LogP contribution is 2.15. The Morgan fingerprint density at radius 2 is 2.00 bits per heavy atom. The molecule has 0 spiro atoms. The number of aromatic nitrogens is 2. The Hall–Kier alpha value is -2.69. The van der Waals surface area contributed by atoms with Crippen molar-refractivity contribution >= 4 is 16.6 Å². The van der Waals surface area contributed by atoms with Crippen LogP contribution in [0.2, 0.25) is 0 Å². The van der Waals surface area contributed by atoms with Crippen molar-refractivity contribution in [2.24, 2.45) is 0 Å². The van der Waals surface area contributed by atoms with E-state index in [0.717, 1.165) is 11.1 Å². The second-order valence-electron chi connectivity index (χ2n) is 4.54. The van der Waals surface area contributed by atoms with Gasteiger partial charge in [-0.05, 0) is 29.8 Å². The van der Waals surface area contributed by atoms with Crippen LogP contribution in [-0.4, -0.2) is 9.78 Å².